The molecule has 0 bridgehead atoms. The molecule has 5 aromatic rings. The summed E-state index contributed by atoms with van der Waals surface area (Å²) >= 11 is 0. The highest BCUT2D eigenvalue weighted by Gasteiger charge is 2.19. The minimum Gasteiger partial charge on any atom is -0.461 e. The normalized spacial score (nSPS) is 12.2. The molecule has 0 atom stereocenters. The summed E-state index contributed by atoms with van der Waals surface area (Å²) in [4.78, 5) is 13.9. The fraction of sp³-hybridized carbons (Fsp3) is 0.276. The van der Waals surface area contributed by atoms with Crippen molar-refractivity contribution in [2.75, 3.05) is 0 Å². The van der Waals surface area contributed by atoms with E-state index in [-0.39, 0.29) is 5.41 Å². The van der Waals surface area contributed by atoms with Gasteiger partial charge in [0.1, 0.15) is 17.7 Å². The predicted molar refractivity (Wildman–Crippen MR) is 135 cm³/mol. The van der Waals surface area contributed by atoms with E-state index in [1.807, 2.05) is 12.1 Å². The van der Waals surface area contributed by atoms with Crippen LogP contribution in [0.1, 0.15) is 45.9 Å². The lowest BCUT2D eigenvalue weighted by Gasteiger charge is -2.22. The van der Waals surface area contributed by atoms with Crippen molar-refractivity contribution >= 4 is 21.7 Å². The van der Waals surface area contributed by atoms with Crippen LogP contribution in [0.5, 0.6) is 0 Å². The van der Waals surface area contributed by atoms with Gasteiger partial charge >= 0.3 is 0 Å². The first-order valence-electron chi connectivity index (χ1n) is 11.5. The molecule has 0 saturated heterocycles. The van der Waals surface area contributed by atoms with Gasteiger partial charge in [0.15, 0.2) is 0 Å². The van der Waals surface area contributed by atoms with Crippen LogP contribution in [0.4, 0.5) is 0 Å². The third-order valence-corrected chi connectivity index (χ3v) is 5.98. The van der Waals surface area contributed by atoms with E-state index in [1.165, 1.54) is 16.3 Å². The van der Waals surface area contributed by atoms with Crippen LogP contribution in [0, 0.1) is 5.92 Å². The first-order chi connectivity index (χ1) is 15.8. The fourth-order valence-corrected chi connectivity index (χ4v) is 4.45. The van der Waals surface area contributed by atoms with Crippen molar-refractivity contribution < 1.29 is 4.42 Å². The van der Waals surface area contributed by atoms with E-state index in [9.17, 15) is 0 Å². The van der Waals surface area contributed by atoms with Gasteiger partial charge in [-0.2, -0.15) is 0 Å². The van der Waals surface area contributed by atoms with E-state index in [0.29, 0.717) is 5.92 Å². The molecule has 5 rings (SSSR count). The second-order valence-electron chi connectivity index (χ2n) is 10.2. The summed E-state index contributed by atoms with van der Waals surface area (Å²) in [6, 6.07) is 19.1. The lowest BCUT2D eigenvalue weighted by molar-refractivity contribution is 0.500. The molecule has 0 aliphatic carbocycles. The van der Waals surface area contributed by atoms with E-state index in [4.69, 9.17) is 4.42 Å². The summed E-state index contributed by atoms with van der Waals surface area (Å²) in [5.74, 6) is 1.51. The zero-order valence-corrected chi connectivity index (χ0v) is 19.9. The van der Waals surface area contributed by atoms with Crippen LogP contribution in [-0.2, 0) is 11.8 Å². The number of furan rings is 1. The Hall–Kier alpha value is -3.53. The number of hydrogen-bond donors (Lipinski definition) is 0. The third-order valence-electron chi connectivity index (χ3n) is 5.98. The number of aromatic nitrogens is 3. The number of fused-ring (bicyclic) bond motifs is 2. The van der Waals surface area contributed by atoms with Crippen LogP contribution >= 0.6 is 0 Å². The van der Waals surface area contributed by atoms with Crippen molar-refractivity contribution in [2.24, 2.45) is 5.92 Å². The number of rotatable bonds is 4. The van der Waals surface area contributed by atoms with E-state index in [1.54, 1.807) is 12.5 Å². The lowest BCUT2D eigenvalue weighted by Crippen LogP contribution is -2.12. The lowest BCUT2D eigenvalue weighted by atomic mass is 9.82. The highest BCUT2D eigenvalue weighted by molar-refractivity contribution is 5.93. The third kappa shape index (κ3) is 4.13. The number of hydrogen-bond acceptors (Lipinski definition) is 4. The first kappa shape index (κ1) is 21.3. The molecule has 0 saturated carbocycles. The van der Waals surface area contributed by atoms with Crippen molar-refractivity contribution in [1.29, 1.82) is 0 Å². The Morgan fingerprint density at radius 1 is 0.848 bits per heavy atom. The van der Waals surface area contributed by atoms with Gasteiger partial charge in [-0.3, -0.25) is 4.98 Å². The highest BCUT2D eigenvalue weighted by atomic mass is 16.3. The monoisotopic (exact) mass is 435 g/mol. The van der Waals surface area contributed by atoms with Crippen molar-refractivity contribution in [3.8, 4) is 22.6 Å². The molecule has 0 amide bonds. The van der Waals surface area contributed by atoms with Gasteiger partial charge in [-0.1, -0.05) is 58.9 Å². The summed E-state index contributed by atoms with van der Waals surface area (Å²) in [5.41, 5.74) is 5.77. The minimum atomic E-state index is 0.0161. The average molecular weight is 436 g/mol. The number of pyridine rings is 1. The van der Waals surface area contributed by atoms with E-state index < -0.39 is 0 Å². The first-order valence-corrected chi connectivity index (χ1v) is 11.5. The Balaban J connectivity index is 1.64. The molecule has 0 aliphatic heterocycles. The molecule has 0 unspecified atom stereocenters. The van der Waals surface area contributed by atoms with Crippen LogP contribution < -0.4 is 0 Å². The Morgan fingerprint density at radius 3 is 2.42 bits per heavy atom. The Kier molecular flexibility index (Phi) is 5.24. The molecule has 3 aromatic heterocycles. The number of benzene rings is 2. The van der Waals surface area contributed by atoms with Crippen LogP contribution in [0.2, 0.25) is 0 Å². The van der Waals surface area contributed by atoms with Crippen molar-refractivity contribution in [3.05, 3.63) is 78.4 Å². The molecule has 0 radical (unpaired) electrons. The maximum absolute atomic E-state index is 6.07. The van der Waals surface area contributed by atoms with E-state index in [0.717, 1.165) is 45.8 Å². The number of nitrogens with zero attached hydrogens (tertiary/aromatic N) is 3. The predicted octanol–water partition coefficient (Wildman–Crippen LogP) is 7.60. The van der Waals surface area contributed by atoms with Crippen LogP contribution in [-0.4, -0.2) is 15.0 Å². The maximum Gasteiger partial charge on any atom is 0.138 e. The molecule has 0 fully saturated rings. The van der Waals surface area contributed by atoms with E-state index >= 15 is 0 Å². The summed E-state index contributed by atoms with van der Waals surface area (Å²) in [5, 5.41) is 3.49. The van der Waals surface area contributed by atoms with Gasteiger partial charge in [0.25, 0.3) is 0 Å². The van der Waals surface area contributed by atoms with Gasteiger partial charge in [-0.25, -0.2) is 9.97 Å². The average Bonchev–Trinajstić information content (AvgIpc) is 3.19. The summed E-state index contributed by atoms with van der Waals surface area (Å²) in [6.45, 7) is 11.1. The SMILES string of the molecule is CC(C)Cc1cc2c(-c3cc(-c4cc(C(C)(C)C)c5ccccc5c4)ncn3)nccc2o1. The minimum absolute atomic E-state index is 0.0161. The van der Waals surface area contributed by atoms with Crippen LogP contribution in [0.15, 0.2) is 71.5 Å². The molecular formula is C29H29N3O. The van der Waals surface area contributed by atoms with Crippen molar-refractivity contribution in [1.82, 2.24) is 15.0 Å². The summed E-state index contributed by atoms with van der Waals surface area (Å²) in [7, 11) is 0. The van der Waals surface area contributed by atoms with Crippen molar-refractivity contribution in [2.45, 2.75) is 46.5 Å². The Bertz CT molecular complexity index is 1460. The smallest absolute Gasteiger partial charge is 0.138 e. The molecule has 4 heteroatoms. The second-order valence-corrected chi connectivity index (χ2v) is 10.2. The van der Waals surface area contributed by atoms with Gasteiger partial charge in [-0.05, 0) is 58.0 Å². The standard InChI is InChI=1S/C29H29N3O/c1-18(2)12-21-15-23-27(33-21)10-11-30-28(23)26-16-25(31-17-32-26)20-13-19-8-6-7-9-22(19)24(14-20)29(3,4)5/h6-11,13-18H,12H2,1-5H3. The van der Waals surface area contributed by atoms with Crippen LogP contribution in [0.25, 0.3) is 44.4 Å². The molecule has 0 aliphatic rings. The van der Waals surface area contributed by atoms with Gasteiger partial charge in [0, 0.05) is 23.6 Å². The molecule has 2 aromatic carbocycles. The largest absolute Gasteiger partial charge is 0.461 e. The zero-order chi connectivity index (χ0) is 23.2. The van der Waals surface area contributed by atoms with Gasteiger partial charge in [-0.15, -0.1) is 0 Å². The zero-order valence-electron chi connectivity index (χ0n) is 19.9. The molecule has 0 spiro atoms. The van der Waals surface area contributed by atoms with Crippen LogP contribution in [0.3, 0.4) is 0 Å². The van der Waals surface area contributed by atoms with Crippen molar-refractivity contribution in [3.63, 3.8) is 0 Å². The van der Waals surface area contributed by atoms with Gasteiger partial charge < -0.3 is 4.42 Å². The Labute approximate surface area is 194 Å². The maximum atomic E-state index is 6.07. The molecular weight excluding hydrogens is 406 g/mol. The fourth-order valence-electron chi connectivity index (χ4n) is 4.45. The van der Waals surface area contributed by atoms with E-state index in [2.05, 4.69) is 92.0 Å². The molecule has 4 nitrogen and oxygen atoms in total. The summed E-state index contributed by atoms with van der Waals surface area (Å²) < 4.78 is 6.07. The summed E-state index contributed by atoms with van der Waals surface area (Å²) in [6.07, 6.45) is 4.32. The molecule has 33 heavy (non-hydrogen) atoms. The van der Waals surface area contributed by atoms with Gasteiger partial charge in [0.2, 0.25) is 0 Å². The molecule has 3 heterocycles. The Morgan fingerprint density at radius 2 is 1.64 bits per heavy atom. The van der Waals surface area contributed by atoms with Gasteiger partial charge in [0.05, 0.1) is 17.1 Å². The second kappa shape index (κ2) is 8.11. The topological polar surface area (TPSA) is 51.8 Å². The quantitative estimate of drug-likeness (QED) is 0.292. The highest BCUT2D eigenvalue weighted by Crippen LogP contribution is 2.35. The molecule has 0 N–H and O–H groups in total. The molecule has 166 valence electrons.